The molecular weight excluding hydrogens is 304 g/mol. The highest BCUT2D eigenvalue weighted by molar-refractivity contribution is 9.10. The first-order valence-corrected chi connectivity index (χ1v) is 7.40. The van der Waals surface area contributed by atoms with E-state index in [0.29, 0.717) is 12.2 Å². The number of thioether (sulfide) groups is 1. The second-order valence-corrected chi connectivity index (χ2v) is 5.71. The van der Waals surface area contributed by atoms with E-state index in [0.717, 1.165) is 22.3 Å². The van der Waals surface area contributed by atoms with Crippen LogP contribution in [0, 0.1) is 0 Å². The van der Waals surface area contributed by atoms with E-state index >= 15 is 0 Å². The van der Waals surface area contributed by atoms with Gasteiger partial charge in [-0.2, -0.15) is 5.10 Å². The van der Waals surface area contributed by atoms with Gasteiger partial charge in [-0.15, -0.1) is 11.8 Å². The zero-order chi connectivity index (χ0) is 13.0. The second kappa shape index (κ2) is 6.44. The Morgan fingerprint density at radius 2 is 2.24 bits per heavy atom. The van der Waals surface area contributed by atoms with Crippen LogP contribution in [0.25, 0.3) is 0 Å². The number of nitrogens with zero attached hydrogens (tertiary/aromatic N) is 2. The maximum atomic E-state index is 10.9. The molecule has 0 aliphatic heterocycles. The Kier molecular flexibility index (Phi) is 5.52. The van der Waals surface area contributed by atoms with Crippen LogP contribution in [0.1, 0.15) is 31.7 Å². The maximum Gasteiger partial charge on any atom is 0.316 e. The Labute approximate surface area is 114 Å². The number of aromatic nitrogens is 2. The Hall–Kier alpha value is -0.490. The van der Waals surface area contributed by atoms with Gasteiger partial charge in [-0.05, 0) is 28.8 Å². The molecule has 1 atom stereocenters. The molecule has 0 fully saturated rings. The number of carbonyl (C=O) groups is 1. The van der Waals surface area contributed by atoms with Crippen LogP contribution in [0.5, 0.6) is 0 Å². The van der Waals surface area contributed by atoms with Crippen molar-refractivity contribution >= 4 is 33.7 Å². The summed E-state index contributed by atoms with van der Waals surface area (Å²) in [5.41, 5.74) is 2.07. The summed E-state index contributed by atoms with van der Waals surface area (Å²) in [7, 11) is 1.89. The lowest BCUT2D eigenvalue weighted by molar-refractivity contribution is -0.136. The van der Waals surface area contributed by atoms with Crippen molar-refractivity contribution in [3.8, 4) is 0 Å². The Balaban J connectivity index is 2.75. The summed E-state index contributed by atoms with van der Waals surface area (Å²) >= 11 is 4.97. The fraction of sp³-hybridized carbons (Fsp3) is 0.636. The summed E-state index contributed by atoms with van der Waals surface area (Å²) in [6.07, 6.45) is 1.51. The summed E-state index contributed by atoms with van der Waals surface area (Å²) in [5.74, 6) is -0.0824. The first kappa shape index (κ1) is 14.6. The molecule has 1 aromatic rings. The molecule has 0 radical (unpaired) electrons. The van der Waals surface area contributed by atoms with Crippen LogP contribution in [0.2, 0.25) is 0 Å². The monoisotopic (exact) mass is 320 g/mol. The van der Waals surface area contributed by atoms with Crippen LogP contribution in [0.4, 0.5) is 0 Å². The van der Waals surface area contributed by atoms with Gasteiger partial charge in [-0.3, -0.25) is 9.48 Å². The van der Waals surface area contributed by atoms with Crippen LogP contribution in [-0.4, -0.2) is 26.1 Å². The van der Waals surface area contributed by atoms with E-state index in [1.165, 1.54) is 11.8 Å². The molecule has 6 heteroatoms. The molecule has 1 aromatic heterocycles. The fourth-order valence-electron chi connectivity index (χ4n) is 1.52. The molecule has 4 nitrogen and oxygen atoms in total. The molecule has 0 bridgehead atoms. The topological polar surface area (TPSA) is 55.1 Å². The highest BCUT2D eigenvalue weighted by Gasteiger charge is 2.18. The predicted octanol–water partition coefficient (Wildman–Crippen LogP) is 2.84. The van der Waals surface area contributed by atoms with Gasteiger partial charge >= 0.3 is 5.97 Å². The van der Waals surface area contributed by atoms with Crippen LogP contribution in [0.3, 0.4) is 0 Å². The molecule has 1 N–H and O–H groups in total. The molecule has 0 saturated carbocycles. The highest BCUT2D eigenvalue weighted by Crippen LogP contribution is 2.28. The fourth-order valence-corrected chi connectivity index (χ4v) is 3.53. The summed E-state index contributed by atoms with van der Waals surface area (Å²) in [5, 5.41) is 13.0. The largest absolute Gasteiger partial charge is 0.480 e. The van der Waals surface area contributed by atoms with Gasteiger partial charge in [0.2, 0.25) is 0 Å². The average molecular weight is 321 g/mol. The molecule has 1 rings (SSSR count). The quantitative estimate of drug-likeness (QED) is 0.875. The van der Waals surface area contributed by atoms with Crippen molar-refractivity contribution in [3.05, 3.63) is 15.9 Å². The zero-order valence-electron chi connectivity index (χ0n) is 10.2. The average Bonchev–Trinajstić information content (AvgIpc) is 2.56. The van der Waals surface area contributed by atoms with Crippen LogP contribution >= 0.6 is 27.7 Å². The van der Waals surface area contributed by atoms with E-state index in [1.54, 1.807) is 0 Å². The Bertz CT molecular complexity index is 406. The van der Waals surface area contributed by atoms with Crippen LogP contribution in [0.15, 0.2) is 4.47 Å². The van der Waals surface area contributed by atoms with Gasteiger partial charge in [-0.25, -0.2) is 0 Å². The minimum atomic E-state index is -0.744. The molecule has 0 aromatic carbocycles. The van der Waals surface area contributed by atoms with E-state index in [4.69, 9.17) is 5.11 Å². The second-order valence-electron chi connectivity index (χ2n) is 3.73. The van der Waals surface area contributed by atoms with E-state index in [2.05, 4.69) is 28.0 Å². The van der Waals surface area contributed by atoms with Gasteiger partial charge in [0.15, 0.2) is 0 Å². The molecule has 0 amide bonds. The Morgan fingerprint density at radius 1 is 1.59 bits per heavy atom. The summed E-state index contributed by atoms with van der Waals surface area (Å²) in [6, 6.07) is 0. The van der Waals surface area contributed by atoms with Crippen molar-refractivity contribution in [2.24, 2.45) is 7.05 Å². The van der Waals surface area contributed by atoms with E-state index in [-0.39, 0.29) is 5.25 Å². The third kappa shape index (κ3) is 3.48. The van der Waals surface area contributed by atoms with Crippen LogP contribution in [-0.2, 0) is 24.0 Å². The summed E-state index contributed by atoms with van der Waals surface area (Å²) < 4.78 is 2.83. The number of rotatable bonds is 6. The number of halogens is 1. The van der Waals surface area contributed by atoms with Crippen LogP contribution < -0.4 is 0 Å². The molecule has 1 unspecified atom stereocenters. The number of aliphatic carboxylic acids is 1. The van der Waals surface area contributed by atoms with E-state index in [1.807, 2.05) is 18.7 Å². The van der Waals surface area contributed by atoms with Crippen molar-refractivity contribution in [3.63, 3.8) is 0 Å². The molecule has 17 heavy (non-hydrogen) atoms. The zero-order valence-corrected chi connectivity index (χ0v) is 12.6. The van der Waals surface area contributed by atoms with Gasteiger partial charge in [-0.1, -0.05) is 13.8 Å². The normalized spacial score (nSPS) is 12.7. The molecule has 1 heterocycles. The summed E-state index contributed by atoms with van der Waals surface area (Å²) in [4.78, 5) is 10.9. The van der Waals surface area contributed by atoms with Crippen molar-refractivity contribution in [2.75, 3.05) is 0 Å². The number of carboxylic acid groups (broad SMARTS) is 1. The van der Waals surface area contributed by atoms with Gasteiger partial charge < -0.3 is 5.11 Å². The SMILES string of the molecule is CCc1nn(C)c(CSC(CC)C(=O)O)c1Br. The van der Waals surface area contributed by atoms with Crippen molar-refractivity contribution in [2.45, 2.75) is 37.7 Å². The van der Waals surface area contributed by atoms with E-state index < -0.39 is 5.97 Å². The smallest absolute Gasteiger partial charge is 0.316 e. The molecular formula is C11H17BrN2O2S. The van der Waals surface area contributed by atoms with Gasteiger partial charge in [0, 0.05) is 12.8 Å². The molecule has 0 aliphatic rings. The standard InChI is InChI=1S/C11H17BrN2O2S/c1-4-7-10(12)8(14(3)13-7)6-17-9(5-2)11(15)16/h9H,4-6H2,1-3H3,(H,15,16). The minimum absolute atomic E-state index is 0.345. The lowest BCUT2D eigenvalue weighted by atomic mass is 10.3. The maximum absolute atomic E-state index is 10.9. The lowest BCUT2D eigenvalue weighted by Gasteiger charge is -2.09. The number of carboxylic acids is 1. The van der Waals surface area contributed by atoms with Gasteiger partial charge in [0.1, 0.15) is 5.25 Å². The summed E-state index contributed by atoms with van der Waals surface area (Å²) in [6.45, 7) is 3.94. The van der Waals surface area contributed by atoms with Crippen molar-refractivity contribution in [1.82, 2.24) is 9.78 Å². The number of hydrogen-bond donors (Lipinski definition) is 1. The predicted molar refractivity (Wildman–Crippen MR) is 73.3 cm³/mol. The van der Waals surface area contributed by atoms with Crippen molar-refractivity contribution < 1.29 is 9.90 Å². The third-order valence-electron chi connectivity index (χ3n) is 2.57. The lowest BCUT2D eigenvalue weighted by Crippen LogP contribution is -2.15. The van der Waals surface area contributed by atoms with Gasteiger partial charge in [0.05, 0.1) is 15.9 Å². The number of aryl methyl sites for hydroxylation is 2. The van der Waals surface area contributed by atoms with Crippen molar-refractivity contribution in [1.29, 1.82) is 0 Å². The molecule has 0 spiro atoms. The molecule has 0 saturated heterocycles. The molecule has 0 aliphatic carbocycles. The molecule has 96 valence electrons. The number of hydrogen-bond acceptors (Lipinski definition) is 3. The highest BCUT2D eigenvalue weighted by atomic mass is 79.9. The van der Waals surface area contributed by atoms with E-state index in [9.17, 15) is 4.79 Å². The first-order valence-electron chi connectivity index (χ1n) is 5.55. The third-order valence-corrected chi connectivity index (χ3v) is 4.86. The van der Waals surface area contributed by atoms with Gasteiger partial charge in [0.25, 0.3) is 0 Å². The minimum Gasteiger partial charge on any atom is -0.480 e. The Morgan fingerprint density at radius 3 is 2.65 bits per heavy atom. The first-order chi connectivity index (χ1) is 8.01.